The molecule has 3 rings (SSSR count). The summed E-state index contributed by atoms with van der Waals surface area (Å²) in [6.45, 7) is 6.94. The van der Waals surface area contributed by atoms with Crippen LogP contribution in [0.1, 0.15) is 56.1 Å². The van der Waals surface area contributed by atoms with Crippen LogP contribution in [-0.4, -0.2) is 33.8 Å². The average molecular weight is 303 g/mol. The average Bonchev–Trinajstić information content (AvgIpc) is 3.15. The molecule has 0 unspecified atom stereocenters. The molecular weight excluding hydrogens is 282 g/mol. The standard InChI is InChI=1S/C15H21N5O2/c1-9(2)14-18-13(19-22-14)11-6-5-7-20(11)12-8-10(3)16-15(17-12)21-4/h8-9,11H,5-7H2,1-4H3/t11-/m0/s1. The van der Waals surface area contributed by atoms with Crippen LogP contribution >= 0.6 is 0 Å². The lowest BCUT2D eigenvalue weighted by molar-refractivity contribution is 0.357. The second kappa shape index (κ2) is 5.90. The number of aryl methyl sites for hydroxylation is 1. The lowest BCUT2D eigenvalue weighted by Crippen LogP contribution is -2.24. The van der Waals surface area contributed by atoms with Crippen molar-refractivity contribution >= 4 is 5.82 Å². The van der Waals surface area contributed by atoms with Crippen molar-refractivity contribution in [2.45, 2.75) is 45.6 Å². The summed E-state index contributed by atoms with van der Waals surface area (Å²) in [4.78, 5) is 15.4. The predicted molar refractivity (Wildman–Crippen MR) is 81.0 cm³/mol. The number of rotatable bonds is 4. The number of methoxy groups -OCH3 is 1. The molecule has 0 aliphatic carbocycles. The van der Waals surface area contributed by atoms with E-state index in [4.69, 9.17) is 9.26 Å². The van der Waals surface area contributed by atoms with Crippen molar-refractivity contribution in [2.75, 3.05) is 18.6 Å². The number of nitrogens with zero attached hydrogens (tertiary/aromatic N) is 5. The van der Waals surface area contributed by atoms with Crippen LogP contribution in [-0.2, 0) is 0 Å². The first-order valence-electron chi connectivity index (χ1n) is 7.58. The van der Waals surface area contributed by atoms with Gasteiger partial charge in [0.15, 0.2) is 5.82 Å². The molecule has 118 valence electrons. The van der Waals surface area contributed by atoms with Gasteiger partial charge in [-0.3, -0.25) is 0 Å². The van der Waals surface area contributed by atoms with Gasteiger partial charge >= 0.3 is 6.01 Å². The van der Waals surface area contributed by atoms with E-state index in [-0.39, 0.29) is 12.0 Å². The highest BCUT2D eigenvalue weighted by Gasteiger charge is 2.31. The molecule has 0 amide bonds. The van der Waals surface area contributed by atoms with Crippen LogP contribution in [0.3, 0.4) is 0 Å². The molecule has 22 heavy (non-hydrogen) atoms. The molecule has 0 radical (unpaired) electrons. The molecule has 1 saturated heterocycles. The molecule has 1 aliphatic heterocycles. The van der Waals surface area contributed by atoms with Gasteiger partial charge in [0.05, 0.1) is 13.2 Å². The van der Waals surface area contributed by atoms with Crippen molar-refractivity contribution in [3.8, 4) is 6.01 Å². The predicted octanol–water partition coefficient (Wildman–Crippen LogP) is 2.64. The lowest BCUT2D eigenvalue weighted by Gasteiger charge is -2.23. The Morgan fingerprint density at radius 2 is 2.14 bits per heavy atom. The summed E-state index contributed by atoms with van der Waals surface area (Å²) >= 11 is 0. The molecule has 2 aromatic rings. The third-order valence-electron chi connectivity index (χ3n) is 3.80. The fourth-order valence-electron chi connectivity index (χ4n) is 2.69. The van der Waals surface area contributed by atoms with Crippen LogP contribution in [0.5, 0.6) is 6.01 Å². The summed E-state index contributed by atoms with van der Waals surface area (Å²) in [6, 6.07) is 2.44. The molecule has 3 heterocycles. The summed E-state index contributed by atoms with van der Waals surface area (Å²) in [7, 11) is 1.58. The number of aromatic nitrogens is 4. The van der Waals surface area contributed by atoms with Gasteiger partial charge in [0.25, 0.3) is 0 Å². The fourth-order valence-corrected chi connectivity index (χ4v) is 2.69. The van der Waals surface area contributed by atoms with Crippen molar-refractivity contribution in [1.82, 2.24) is 20.1 Å². The minimum atomic E-state index is 0.0928. The Bertz CT molecular complexity index is 655. The molecule has 1 aliphatic rings. The van der Waals surface area contributed by atoms with Gasteiger partial charge in [-0.25, -0.2) is 4.98 Å². The monoisotopic (exact) mass is 303 g/mol. The third kappa shape index (κ3) is 2.75. The second-order valence-electron chi connectivity index (χ2n) is 5.85. The maximum atomic E-state index is 5.35. The van der Waals surface area contributed by atoms with Crippen molar-refractivity contribution in [3.05, 3.63) is 23.5 Å². The summed E-state index contributed by atoms with van der Waals surface area (Å²) in [5.74, 6) is 2.50. The molecular formula is C15H21N5O2. The molecule has 0 N–H and O–H groups in total. The zero-order chi connectivity index (χ0) is 15.7. The van der Waals surface area contributed by atoms with Gasteiger partial charge in [-0.2, -0.15) is 9.97 Å². The summed E-state index contributed by atoms with van der Waals surface area (Å²) < 4.78 is 10.5. The van der Waals surface area contributed by atoms with Gasteiger partial charge < -0.3 is 14.2 Å². The van der Waals surface area contributed by atoms with Crippen LogP contribution in [0, 0.1) is 6.92 Å². The van der Waals surface area contributed by atoms with Gasteiger partial charge in [-0.1, -0.05) is 19.0 Å². The van der Waals surface area contributed by atoms with Gasteiger partial charge in [0.1, 0.15) is 5.82 Å². The molecule has 0 aromatic carbocycles. The number of hydrogen-bond donors (Lipinski definition) is 0. The van der Waals surface area contributed by atoms with E-state index in [1.165, 1.54) is 0 Å². The molecule has 0 saturated carbocycles. The van der Waals surface area contributed by atoms with E-state index < -0.39 is 0 Å². The molecule has 7 heteroatoms. The highest BCUT2D eigenvalue weighted by molar-refractivity contribution is 5.44. The molecule has 0 bridgehead atoms. The van der Waals surface area contributed by atoms with Crippen LogP contribution in [0.25, 0.3) is 0 Å². The summed E-state index contributed by atoms with van der Waals surface area (Å²) in [5.41, 5.74) is 0.878. The first-order chi connectivity index (χ1) is 10.6. The molecule has 0 spiro atoms. The van der Waals surface area contributed by atoms with Crippen LogP contribution in [0.4, 0.5) is 5.82 Å². The molecule has 2 aromatic heterocycles. The Morgan fingerprint density at radius 1 is 1.32 bits per heavy atom. The zero-order valence-electron chi connectivity index (χ0n) is 13.4. The van der Waals surface area contributed by atoms with E-state index >= 15 is 0 Å². The SMILES string of the molecule is COc1nc(C)cc(N2CCC[C@H]2c2noc(C(C)C)n2)n1. The van der Waals surface area contributed by atoms with Crippen LogP contribution in [0.15, 0.2) is 10.6 Å². The zero-order valence-corrected chi connectivity index (χ0v) is 13.4. The first-order valence-corrected chi connectivity index (χ1v) is 7.58. The molecule has 7 nitrogen and oxygen atoms in total. The maximum absolute atomic E-state index is 5.35. The van der Waals surface area contributed by atoms with Crippen LogP contribution < -0.4 is 9.64 Å². The molecule has 1 atom stereocenters. The van der Waals surface area contributed by atoms with Crippen molar-refractivity contribution in [3.63, 3.8) is 0 Å². The number of ether oxygens (including phenoxy) is 1. The van der Waals surface area contributed by atoms with Crippen molar-refractivity contribution in [1.29, 1.82) is 0 Å². The Hall–Kier alpha value is -2.18. The third-order valence-corrected chi connectivity index (χ3v) is 3.80. The Labute approximate surface area is 129 Å². The van der Waals surface area contributed by atoms with Crippen molar-refractivity contribution in [2.24, 2.45) is 0 Å². The summed E-state index contributed by atoms with van der Waals surface area (Å²) in [5, 5.41) is 4.16. The second-order valence-corrected chi connectivity index (χ2v) is 5.85. The normalized spacial score (nSPS) is 18.2. The minimum Gasteiger partial charge on any atom is -0.467 e. The number of hydrogen-bond acceptors (Lipinski definition) is 7. The van der Waals surface area contributed by atoms with Gasteiger partial charge in [-0.05, 0) is 19.8 Å². The fraction of sp³-hybridized carbons (Fsp3) is 0.600. The topological polar surface area (TPSA) is 77.2 Å². The Kier molecular flexibility index (Phi) is 3.96. The lowest BCUT2D eigenvalue weighted by atomic mass is 10.2. The number of anilines is 1. The smallest absolute Gasteiger partial charge is 0.318 e. The van der Waals surface area contributed by atoms with Gasteiger partial charge in [0.2, 0.25) is 5.89 Å². The molecule has 1 fully saturated rings. The highest BCUT2D eigenvalue weighted by atomic mass is 16.5. The van der Waals surface area contributed by atoms with E-state index in [2.05, 4.69) is 25.0 Å². The highest BCUT2D eigenvalue weighted by Crippen LogP contribution is 2.34. The minimum absolute atomic E-state index is 0.0928. The quantitative estimate of drug-likeness (QED) is 0.859. The largest absolute Gasteiger partial charge is 0.467 e. The van der Waals surface area contributed by atoms with E-state index in [1.54, 1.807) is 7.11 Å². The van der Waals surface area contributed by atoms with Gasteiger partial charge in [-0.15, -0.1) is 0 Å². The Balaban J connectivity index is 1.91. The van der Waals surface area contributed by atoms with Gasteiger partial charge in [0, 0.05) is 24.2 Å². The van der Waals surface area contributed by atoms with Crippen molar-refractivity contribution < 1.29 is 9.26 Å². The Morgan fingerprint density at radius 3 is 2.82 bits per heavy atom. The van der Waals surface area contributed by atoms with E-state index in [9.17, 15) is 0 Å². The van der Waals surface area contributed by atoms with Crippen LogP contribution in [0.2, 0.25) is 0 Å². The van der Waals surface area contributed by atoms with E-state index in [0.29, 0.717) is 11.9 Å². The maximum Gasteiger partial charge on any atom is 0.318 e. The first kappa shape index (κ1) is 14.7. The van der Waals surface area contributed by atoms with E-state index in [0.717, 1.165) is 36.7 Å². The summed E-state index contributed by atoms with van der Waals surface area (Å²) in [6.07, 6.45) is 2.06. The van der Waals surface area contributed by atoms with E-state index in [1.807, 2.05) is 26.8 Å².